The highest BCUT2D eigenvalue weighted by atomic mass is 19.4. The topological polar surface area (TPSA) is 67.1 Å². The maximum Gasteiger partial charge on any atom is 0.416 e. The lowest BCUT2D eigenvalue weighted by molar-refractivity contribution is -0.138. The van der Waals surface area contributed by atoms with E-state index in [9.17, 15) is 17.6 Å². The molecule has 0 spiro atoms. The number of nitrogens with one attached hydrogen (secondary N) is 2. The summed E-state index contributed by atoms with van der Waals surface area (Å²) in [6.07, 6.45) is 0.400. The number of rotatable bonds is 6. The normalized spacial score (nSPS) is 12.1. The van der Waals surface area contributed by atoms with Gasteiger partial charge in [0.05, 0.1) is 12.1 Å². The van der Waals surface area contributed by atoms with Crippen molar-refractivity contribution in [2.75, 3.05) is 6.54 Å². The number of hydrogen-bond acceptors (Lipinski definition) is 3. The van der Waals surface area contributed by atoms with Gasteiger partial charge in [-0.15, -0.1) is 0 Å². The third kappa shape index (κ3) is 5.56. The van der Waals surface area contributed by atoms with Crippen LogP contribution < -0.4 is 10.6 Å². The molecule has 1 aromatic carbocycles. The van der Waals surface area contributed by atoms with Gasteiger partial charge >= 0.3 is 6.18 Å². The van der Waals surface area contributed by atoms with Crippen molar-refractivity contribution in [1.29, 1.82) is 0 Å². The first kappa shape index (κ1) is 21.3. The molecule has 30 heavy (non-hydrogen) atoms. The minimum absolute atomic E-state index is 0.0700. The minimum atomic E-state index is -4.64. The summed E-state index contributed by atoms with van der Waals surface area (Å²) in [5.41, 5.74) is -0.228. The Balaban J connectivity index is 1.73. The van der Waals surface area contributed by atoms with Crippen LogP contribution in [-0.2, 0) is 19.3 Å². The van der Waals surface area contributed by atoms with E-state index in [2.05, 4.69) is 25.7 Å². The zero-order valence-corrected chi connectivity index (χ0v) is 16.1. The minimum Gasteiger partial charge on any atom is -0.357 e. The summed E-state index contributed by atoms with van der Waals surface area (Å²) in [4.78, 5) is 8.66. The van der Waals surface area contributed by atoms with Crippen LogP contribution in [0.15, 0.2) is 60.0 Å². The summed E-state index contributed by atoms with van der Waals surface area (Å²) in [6.45, 7) is 2.49. The molecule has 0 amide bonds. The Hall–Kier alpha value is -3.43. The largest absolute Gasteiger partial charge is 0.416 e. The van der Waals surface area contributed by atoms with Crippen LogP contribution in [0.2, 0.25) is 0 Å². The number of aromatic nitrogens is 3. The van der Waals surface area contributed by atoms with E-state index in [-0.39, 0.29) is 18.7 Å². The van der Waals surface area contributed by atoms with Crippen molar-refractivity contribution < 1.29 is 17.6 Å². The molecule has 3 aromatic rings. The fourth-order valence-corrected chi connectivity index (χ4v) is 2.75. The van der Waals surface area contributed by atoms with Gasteiger partial charge in [0.2, 0.25) is 0 Å². The van der Waals surface area contributed by atoms with E-state index in [1.54, 1.807) is 35.4 Å². The SMILES string of the molecule is CCNC(=NCc1ccnc(-n2cccn2)c1)NCc1ccc(F)cc1C(F)(F)F. The zero-order valence-electron chi connectivity index (χ0n) is 16.1. The number of nitrogens with zero attached hydrogens (tertiary/aromatic N) is 4. The first-order valence-corrected chi connectivity index (χ1v) is 9.19. The summed E-state index contributed by atoms with van der Waals surface area (Å²) in [6, 6.07) is 8.01. The van der Waals surface area contributed by atoms with Crippen molar-refractivity contribution in [2.24, 2.45) is 4.99 Å². The standard InChI is InChI=1S/C20H20F4N6/c1-2-25-19(28-13-15-4-5-16(21)11-17(15)20(22,23)24)27-12-14-6-8-26-18(10-14)30-9-3-7-29-30/h3-11H,2,12-13H2,1H3,(H2,25,27,28). The van der Waals surface area contributed by atoms with Crippen LogP contribution in [0.3, 0.4) is 0 Å². The molecule has 158 valence electrons. The van der Waals surface area contributed by atoms with E-state index in [0.29, 0.717) is 24.4 Å². The molecule has 0 bridgehead atoms. The van der Waals surface area contributed by atoms with Gasteiger partial charge in [0.25, 0.3) is 0 Å². The van der Waals surface area contributed by atoms with Gasteiger partial charge < -0.3 is 10.6 Å². The Kier molecular flexibility index (Phi) is 6.65. The molecule has 0 aliphatic carbocycles. The summed E-state index contributed by atoms with van der Waals surface area (Å²) in [7, 11) is 0. The Morgan fingerprint density at radius 1 is 1.13 bits per heavy atom. The lowest BCUT2D eigenvalue weighted by Gasteiger charge is -2.16. The molecule has 6 nitrogen and oxygen atoms in total. The molecule has 0 saturated carbocycles. The van der Waals surface area contributed by atoms with Gasteiger partial charge in [0.1, 0.15) is 5.82 Å². The van der Waals surface area contributed by atoms with Gasteiger partial charge in [0.15, 0.2) is 11.8 Å². The van der Waals surface area contributed by atoms with Crippen LogP contribution in [0, 0.1) is 5.82 Å². The molecule has 0 aliphatic rings. The highest BCUT2D eigenvalue weighted by Gasteiger charge is 2.33. The maximum atomic E-state index is 13.3. The maximum absolute atomic E-state index is 13.3. The number of benzene rings is 1. The second-order valence-corrected chi connectivity index (χ2v) is 6.32. The molecule has 0 fully saturated rings. The Morgan fingerprint density at radius 3 is 2.67 bits per heavy atom. The van der Waals surface area contributed by atoms with E-state index in [1.165, 1.54) is 0 Å². The highest BCUT2D eigenvalue weighted by Crippen LogP contribution is 2.32. The van der Waals surface area contributed by atoms with Crippen LogP contribution in [0.1, 0.15) is 23.6 Å². The molecule has 0 unspecified atom stereocenters. The van der Waals surface area contributed by atoms with Crippen LogP contribution >= 0.6 is 0 Å². The van der Waals surface area contributed by atoms with Crippen LogP contribution in [0.25, 0.3) is 5.82 Å². The fourth-order valence-electron chi connectivity index (χ4n) is 2.75. The zero-order chi connectivity index (χ0) is 21.6. The molecular formula is C20H20F4N6. The van der Waals surface area contributed by atoms with Crippen LogP contribution in [0.5, 0.6) is 0 Å². The smallest absolute Gasteiger partial charge is 0.357 e. The summed E-state index contributed by atoms with van der Waals surface area (Å²) < 4.78 is 54.4. The van der Waals surface area contributed by atoms with E-state index in [1.807, 2.05) is 13.0 Å². The summed E-state index contributed by atoms with van der Waals surface area (Å²) in [5, 5.41) is 9.97. The van der Waals surface area contributed by atoms with Crippen LogP contribution in [-0.4, -0.2) is 27.3 Å². The molecule has 2 N–H and O–H groups in total. The second kappa shape index (κ2) is 9.38. The first-order valence-electron chi connectivity index (χ1n) is 9.19. The fraction of sp³-hybridized carbons (Fsp3) is 0.250. The Morgan fingerprint density at radius 2 is 1.97 bits per heavy atom. The Labute approximate surface area is 170 Å². The number of halogens is 4. The number of alkyl halides is 3. The van der Waals surface area contributed by atoms with Crippen LogP contribution in [0.4, 0.5) is 17.6 Å². The molecule has 0 atom stereocenters. The lowest BCUT2D eigenvalue weighted by Crippen LogP contribution is -2.37. The van der Waals surface area contributed by atoms with Gasteiger partial charge in [0, 0.05) is 31.7 Å². The predicted octanol–water partition coefficient (Wildman–Crippen LogP) is 3.68. The molecule has 0 radical (unpaired) electrons. The highest BCUT2D eigenvalue weighted by molar-refractivity contribution is 5.79. The van der Waals surface area contributed by atoms with E-state index in [4.69, 9.17) is 0 Å². The van der Waals surface area contributed by atoms with Crippen molar-refractivity contribution >= 4 is 5.96 Å². The summed E-state index contributed by atoms with van der Waals surface area (Å²) >= 11 is 0. The number of pyridine rings is 1. The first-order chi connectivity index (χ1) is 14.4. The van der Waals surface area contributed by atoms with Gasteiger partial charge in [-0.1, -0.05) is 6.07 Å². The van der Waals surface area contributed by atoms with Crippen molar-refractivity contribution in [3.05, 3.63) is 77.5 Å². The average molecular weight is 420 g/mol. The number of hydrogen-bond donors (Lipinski definition) is 2. The second-order valence-electron chi connectivity index (χ2n) is 6.32. The molecular weight excluding hydrogens is 400 g/mol. The third-order valence-corrected chi connectivity index (χ3v) is 4.14. The van der Waals surface area contributed by atoms with Crippen molar-refractivity contribution in [3.8, 4) is 5.82 Å². The quantitative estimate of drug-likeness (QED) is 0.363. The van der Waals surface area contributed by atoms with Gasteiger partial charge in [-0.3, -0.25) is 0 Å². The van der Waals surface area contributed by atoms with E-state index in [0.717, 1.165) is 17.7 Å². The molecule has 0 aliphatic heterocycles. The molecule has 0 saturated heterocycles. The number of aliphatic imine (C=N–C) groups is 1. The van der Waals surface area contributed by atoms with Crippen molar-refractivity contribution in [2.45, 2.75) is 26.2 Å². The van der Waals surface area contributed by atoms with Crippen molar-refractivity contribution in [1.82, 2.24) is 25.4 Å². The Bertz CT molecular complexity index is 999. The average Bonchev–Trinajstić information content (AvgIpc) is 3.25. The van der Waals surface area contributed by atoms with Gasteiger partial charge in [-0.25, -0.2) is 19.0 Å². The van der Waals surface area contributed by atoms with Crippen molar-refractivity contribution in [3.63, 3.8) is 0 Å². The van der Waals surface area contributed by atoms with E-state index < -0.39 is 17.6 Å². The summed E-state index contributed by atoms with van der Waals surface area (Å²) in [5.74, 6) is 0.0384. The molecule has 2 aromatic heterocycles. The van der Waals surface area contributed by atoms with Gasteiger partial charge in [-0.2, -0.15) is 18.3 Å². The monoisotopic (exact) mass is 420 g/mol. The lowest BCUT2D eigenvalue weighted by atomic mass is 10.1. The van der Waals surface area contributed by atoms with E-state index >= 15 is 0 Å². The molecule has 3 rings (SSSR count). The molecule has 2 heterocycles. The predicted molar refractivity (Wildman–Crippen MR) is 104 cm³/mol. The molecule has 10 heteroatoms. The van der Waals surface area contributed by atoms with Gasteiger partial charge in [-0.05, 0) is 48.4 Å². The third-order valence-electron chi connectivity index (χ3n) is 4.14. The number of guanidine groups is 1.